The molecule has 1 N–H and O–H groups in total. The molecule has 4 rings (SSSR count). The smallest absolute Gasteiger partial charge is 0.263 e. The van der Waals surface area contributed by atoms with Crippen molar-refractivity contribution in [2.45, 2.75) is 32.9 Å². The Labute approximate surface area is 146 Å². The van der Waals surface area contributed by atoms with Crippen LogP contribution in [-0.2, 0) is 19.5 Å². The first-order chi connectivity index (χ1) is 12.2. The van der Waals surface area contributed by atoms with Crippen LogP contribution >= 0.6 is 0 Å². The van der Waals surface area contributed by atoms with Crippen molar-refractivity contribution in [3.63, 3.8) is 0 Å². The first kappa shape index (κ1) is 15.6. The summed E-state index contributed by atoms with van der Waals surface area (Å²) in [5.74, 6) is 0.0503. The van der Waals surface area contributed by atoms with E-state index in [2.05, 4.69) is 4.99 Å². The number of benzene rings is 2. The van der Waals surface area contributed by atoms with E-state index in [4.69, 9.17) is 0 Å². The average Bonchev–Trinajstić information content (AvgIpc) is 2.65. The van der Waals surface area contributed by atoms with Crippen molar-refractivity contribution in [1.29, 1.82) is 0 Å². The minimum atomic E-state index is -0.147. The van der Waals surface area contributed by atoms with Crippen molar-refractivity contribution in [2.24, 2.45) is 4.99 Å². The largest absolute Gasteiger partial charge is 0.506 e. The molecule has 0 unspecified atom stereocenters. The Balaban J connectivity index is 1.87. The van der Waals surface area contributed by atoms with Gasteiger partial charge in [0.25, 0.3) is 5.56 Å². The number of nitrogens with zero attached hydrogens (tertiary/aromatic N) is 2. The Hall–Kier alpha value is -2.88. The van der Waals surface area contributed by atoms with Crippen LogP contribution in [0.15, 0.2) is 58.3 Å². The average molecular weight is 332 g/mol. The molecule has 2 aromatic carbocycles. The summed E-state index contributed by atoms with van der Waals surface area (Å²) in [5.41, 5.74) is 3.82. The van der Waals surface area contributed by atoms with Gasteiger partial charge in [-0.15, -0.1) is 0 Å². The highest BCUT2D eigenvalue weighted by molar-refractivity contribution is 6.05. The number of pyridine rings is 1. The van der Waals surface area contributed by atoms with Crippen LogP contribution in [0.25, 0.3) is 10.9 Å². The molecule has 0 saturated carbocycles. The van der Waals surface area contributed by atoms with Crippen LogP contribution in [0.2, 0.25) is 0 Å². The lowest BCUT2D eigenvalue weighted by Crippen LogP contribution is -2.29. The number of rotatable bonds is 3. The highest BCUT2D eigenvalue weighted by Crippen LogP contribution is 2.31. The summed E-state index contributed by atoms with van der Waals surface area (Å²) in [6, 6.07) is 15.8. The van der Waals surface area contributed by atoms with Crippen molar-refractivity contribution in [3.8, 4) is 5.75 Å². The number of para-hydroxylation sites is 1. The molecule has 0 bridgehead atoms. The summed E-state index contributed by atoms with van der Waals surface area (Å²) in [4.78, 5) is 17.5. The molecule has 1 aliphatic rings. The SMILES string of the molecule is CC(=NCc1ccccc1)c1c(O)c2cccc3c2n(c1=O)CCC3. The van der Waals surface area contributed by atoms with Gasteiger partial charge in [-0.2, -0.15) is 0 Å². The number of aromatic nitrogens is 1. The van der Waals surface area contributed by atoms with E-state index in [1.54, 1.807) is 11.5 Å². The fourth-order valence-electron chi connectivity index (χ4n) is 3.61. The summed E-state index contributed by atoms with van der Waals surface area (Å²) < 4.78 is 1.80. The summed E-state index contributed by atoms with van der Waals surface area (Å²) >= 11 is 0. The molecule has 0 saturated heterocycles. The third-order valence-corrected chi connectivity index (χ3v) is 4.87. The van der Waals surface area contributed by atoms with Crippen LogP contribution in [0.4, 0.5) is 0 Å². The van der Waals surface area contributed by atoms with Crippen LogP contribution in [0.3, 0.4) is 0 Å². The van der Waals surface area contributed by atoms with Gasteiger partial charge in [-0.05, 0) is 37.0 Å². The maximum absolute atomic E-state index is 13.0. The van der Waals surface area contributed by atoms with Gasteiger partial charge < -0.3 is 9.67 Å². The normalized spacial score (nSPS) is 14.0. The zero-order chi connectivity index (χ0) is 17.4. The number of aryl methyl sites for hydroxylation is 2. The Morgan fingerprint density at radius 3 is 2.76 bits per heavy atom. The number of hydrogen-bond acceptors (Lipinski definition) is 3. The van der Waals surface area contributed by atoms with E-state index in [1.807, 2.05) is 48.5 Å². The van der Waals surface area contributed by atoms with Gasteiger partial charge in [-0.1, -0.05) is 42.5 Å². The molecule has 2 heterocycles. The van der Waals surface area contributed by atoms with E-state index >= 15 is 0 Å². The second kappa shape index (κ2) is 6.20. The minimum absolute atomic E-state index is 0.0503. The summed E-state index contributed by atoms with van der Waals surface area (Å²) in [6.45, 7) is 2.97. The van der Waals surface area contributed by atoms with Gasteiger partial charge in [0.05, 0.1) is 12.1 Å². The van der Waals surface area contributed by atoms with E-state index in [0.717, 1.165) is 34.9 Å². The molecule has 3 aromatic rings. The zero-order valence-electron chi connectivity index (χ0n) is 14.2. The molecule has 0 aliphatic carbocycles. The first-order valence-corrected chi connectivity index (χ1v) is 8.59. The number of aliphatic imine (C=N–C) groups is 1. The first-order valence-electron chi connectivity index (χ1n) is 8.59. The molecule has 126 valence electrons. The van der Waals surface area contributed by atoms with Crippen LogP contribution < -0.4 is 5.56 Å². The van der Waals surface area contributed by atoms with Gasteiger partial charge in [-0.25, -0.2) is 0 Å². The summed E-state index contributed by atoms with van der Waals surface area (Å²) in [5, 5.41) is 11.5. The minimum Gasteiger partial charge on any atom is -0.506 e. The van der Waals surface area contributed by atoms with E-state index in [9.17, 15) is 9.90 Å². The lowest BCUT2D eigenvalue weighted by molar-refractivity contribution is 0.476. The molecule has 4 heteroatoms. The molecule has 0 amide bonds. The standard InChI is InChI=1S/C21H20N2O2/c1-14(22-13-15-7-3-2-4-8-15)18-20(24)17-11-5-9-16-10-6-12-23(19(16)17)21(18)25/h2-5,7-9,11,24H,6,10,12-13H2,1H3. The molecule has 1 aliphatic heterocycles. The molecule has 0 spiro atoms. The Bertz CT molecular complexity index is 1030. The third-order valence-electron chi connectivity index (χ3n) is 4.87. The Morgan fingerprint density at radius 2 is 1.96 bits per heavy atom. The van der Waals surface area contributed by atoms with Gasteiger partial charge in [0, 0.05) is 17.6 Å². The molecule has 4 nitrogen and oxygen atoms in total. The highest BCUT2D eigenvalue weighted by Gasteiger charge is 2.22. The Kier molecular flexibility index (Phi) is 3.88. The lowest BCUT2D eigenvalue weighted by Gasteiger charge is -2.21. The van der Waals surface area contributed by atoms with Gasteiger partial charge in [0.15, 0.2) is 0 Å². The van der Waals surface area contributed by atoms with Gasteiger partial charge in [0.1, 0.15) is 11.3 Å². The molecule has 25 heavy (non-hydrogen) atoms. The molecule has 1 aromatic heterocycles. The lowest BCUT2D eigenvalue weighted by atomic mass is 9.98. The predicted octanol–water partition coefficient (Wildman–Crippen LogP) is 3.66. The molecule has 0 atom stereocenters. The van der Waals surface area contributed by atoms with E-state index in [0.29, 0.717) is 24.4 Å². The second-order valence-corrected chi connectivity index (χ2v) is 6.48. The van der Waals surface area contributed by atoms with Crippen molar-refractivity contribution in [1.82, 2.24) is 4.57 Å². The molecular weight excluding hydrogens is 312 g/mol. The van der Waals surface area contributed by atoms with Gasteiger partial charge in [-0.3, -0.25) is 9.79 Å². The molecule has 0 radical (unpaired) electrons. The fourth-order valence-corrected chi connectivity index (χ4v) is 3.61. The van der Waals surface area contributed by atoms with Crippen LogP contribution in [0, 0.1) is 0 Å². The molecule has 0 fully saturated rings. The summed E-state index contributed by atoms with van der Waals surface area (Å²) in [7, 11) is 0. The van der Waals surface area contributed by atoms with Gasteiger partial charge in [0.2, 0.25) is 0 Å². The van der Waals surface area contributed by atoms with Crippen LogP contribution in [0.5, 0.6) is 5.75 Å². The third kappa shape index (κ3) is 2.64. The molecular formula is C21H20N2O2. The number of aromatic hydroxyl groups is 1. The second-order valence-electron chi connectivity index (χ2n) is 6.48. The quantitative estimate of drug-likeness (QED) is 0.744. The summed E-state index contributed by atoms with van der Waals surface area (Å²) in [6.07, 6.45) is 1.88. The van der Waals surface area contributed by atoms with Crippen molar-refractivity contribution in [2.75, 3.05) is 0 Å². The van der Waals surface area contributed by atoms with Crippen LogP contribution in [-0.4, -0.2) is 15.4 Å². The topological polar surface area (TPSA) is 54.6 Å². The Morgan fingerprint density at radius 1 is 1.16 bits per heavy atom. The van der Waals surface area contributed by atoms with Crippen LogP contribution in [0.1, 0.15) is 30.0 Å². The predicted molar refractivity (Wildman–Crippen MR) is 101 cm³/mol. The van der Waals surface area contributed by atoms with Crippen molar-refractivity contribution < 1.29 is 5.11 Å². The van der Waals surface area contributed by atoms with Gasteiger partial charge >= 0.3 is 0 Å². The van der Waals surface area contributed by atoms with E-state index in [1.165, 1.54) is 0 Å². The number of hydrogen-bond donors (Lipinski definition) is 1. The van der Waals surface area contributed by atoms with E-state index < -0.39 is 0 Å². The van der Waals surface area contributed by atoms with E-state index in [-0.39, 0.29) is 11.3 Å². The maximum Gasteiger partial charge on any atom is 0.263 e. The fraction of sp³-hybridized carbons (Fsp3) is 0.238. The maximum atomic E-state index is 13.0. The highest BCUT2D eigenvalue weighted by atomic mass is 16.3. The van der Waals surface area contributed by atoms with Crippen molar-refractivity contribution >= 4 is 16.6 Å². The monoisotopic (exact) mass is 332 g/mol. The van der Waals surface area contributed by atoms with Crippen molar-refractivity contribution in [3.05, 3.63) is 75.6 Å². The zero-order valence-corrected chi connectivity index (χ0v) is 14.2.